The number of aromatic amines is 2. The van der Waals surface area contributed by atoms with Crippen molar-refractivity contribution in [2.75, 3.05) is 0 Å². The first-order valence-corrected chi connectivity index (χ1v) is 7.30. The molecule has 6 heteroatoms. The first-order valence-electron chi connectivity index (χ1n) is 6.49. The number of hydrogen-bond donors (Lipinski definition) is 3. The number of nitrogens with zero attached hydrogens (tertiary/aromatic N) is 1. The van der Waals surface area contributed by atoms with Crippen LogP contribution in [0.2, 0.25) is 0 Å². The molecule has 20 heavy (non-hydrogen) atoms. The van der Waals surface area contributed by atoms with E-state index >= 15 is 0 Å². The zero-order valence-electron chi connectivity index (χ0n) is 11.3. The maximum absolute atomic E-state index is 12.2. The number of hydrogen-bond acceptors (Lipinski definition) is 4. The van der Waals surface area contributed by atoms with Gasteiger partial charge in [-0.1, -0.05) is 13.8 Å². The third kappa shape index (κ3) is 2.17. The van der Waals surface area contributed by atoms with Gasteiger partial charge in [-0.2, -0.15) is 0 Å². The summed E-state index contributed by atoms with van der Waals surface area (Å²) < 4.78 is 0.640. The molecule has 0 saturated carbocycles. The summed E-state index contributed by atoms with van der Waals surface area (Å²) in [5.74, 6) is 0.772. The molecule has 0 aromatic carbocycles. The molecule has 0 aliphatic heterocycles. The predicted octanol–water partition coefficient (Wildman–Crippen LogP) is 2.64. The van der Waals surface area contributed by atoms with Gasteiger partial charge in [0.2, 0.25) is 0 Å². The van der Waals surface area contributed by atoms with Crippen molar-refractivity contribution in [1.29, 1.82) is 0 Å². The van der Waals surface area contributed by atoms with E-state index in [1.807, 2.05) is 38.4 Å². The van der Waals surface area contributed by atoms with Crippen LogP contribution in [-0.2, 0) is 0 Å². The Balaban J connectivity index is 2.15. The average molecular weight is 288 g/mol. The van der Waals surface area contributed by atoms with Gasteiger partial charge in [-0.15, -0.1) is 11.3 Å². The lowest BCUT2D eigenvalue weighted by molar-refractivity contribution is 0.491. The van der Waals surface area contributed by atoms with Gasteiger partial charge in [0.05, 0.1) is 11.6 Å². The normalized spacial score (nSPS) is 13.2. The highest BCUT2D eigenvalue weighted by Gasteiger charge is 2.16. The topological polar surface area (TPSA) is 87.6 Å². The quantitative estimate of drug-likeness (QED) is 0.692. The van der Waals surface area contributed by atoms with Crippen molar-refractivity contribution >= 4 is 21.6 Å². The minimum Gasteiger partial charge on any atom is -0.367 e. The Labute approximate surface area is 119 Å². The van der Waals surface area contributed by atoms with Crippen LogP contribution in [-0.4, -0.2) is 15.0 Å². The molecule has 3 rings (SSSR count). The number of fused-ring (bicyclic) bond motifs is 1. The van der Waals surface area contributed by atoms with Crippen molar-refractivity contribution in [2.45, 2.75) is 19.9 Å². The monoisotopic (exact) mass is 288 g/mol. The molecule has 0 bridgehead atoms. The summed E-state index contributed by atoms with van der Waals surface area (Å²) in [4.78, 5) is 23.5. The number of rotatable bonds is 3. The lowest BCUT2D eigenvalue weighted by atomic mass is 10.1. The lowest BCUT2D eigenvalue weighted by Crippen LogP contribution is -2.23. The maximum atomic E-state index is 12.2. The van der Waals surface area contributed by atoms with E-state index in [4.69, 9.17) is 5.73 Å². The number of nitrogens with one attached hydrogen (secondary N) is 2. The SMILES string of the molecule is CC(C)[C@H](N)c1nc2cc(-c3cc[nH]c3)sc2c(=O)[nH]1. The van der Waals surface area contributed by atoms with E-state index in [0.717, 1.165) is 10.4 Å². The average Bonchev–Trinajstić information content (AvgIpc) is 3.05. The van der Waals surface area contributed by atoms with Gasteiger partial charge in [-0.25, -0.2) is 4.98 Å². The summed E-state index contributed by atoms with van der Waals surface area (Å²) in [6.45, 7) is 4.02. The van der Waals surface area contributed by atoms with Crippen LogP contribution in [0.15, 0.2) is 29.3 Å². The van der Waals surface area contributed by atoms with Crippen LogP contribution in [0.25, 0.3) is 20.7 Å². The van der Waals surface area contributed by atoms with E-state index in [9.17, 15) is 4.79 Å². The molecule has 1 atom stereocenters. The van der Waals surface area contributed by atoms with Gasteiger partial charge < -0.3 is 15.7 Å². The second kappa shape index (κ2) is 4.88. The fourth-order valence-corrected chi connectivity index (χ4v) is 3.04. The molecule has 3 heterocycles. The Kier molecular flexibility index (Phi) is 3.19. The largest absolute Gasteiger partial charge is 0.367 e. The van der Waals surface area contributed by atoms with Crippen molar-refractivity contribution < 1.29 is 0 Å². The third-order valence-electron chi connectivity index (χ3n) is 3.32. The Morgan fingerprint density at radius 3 is 2.85 bits per heavy atom. The van der Waals surface area contributed by atoms with Gasteiger partial charge in [0, 0.05) is 22.8 Å². The van der Waals surface area contributed by atoms with Gasteiger partial charge in [0.1, 0.15) is 10.5 Å². The van der Waals surface area contributed by atoms with E-state index in [2.05, 4.69) is 15.0 Å². The molecule has 0 fully saturated rings. The molecule has 4 N–H and O–H groups in total. The number of aromatic nitrogens is 3. The molecule has 0 amide bonds. The van der Waals surface area contributed by atoms with Crippen LogP contribution in [0, 0.1) is 5.92 Å². The maximum Gasteiger partial charge on any atom is 0.268 e. The minimum absolute atomic E-state index is 0.118. The zero-order chi connectivity index (χ0) is 14.3. The Hall–Kier alpha value is -1.92. The molecule has 104 valence electrons. The molecule has 0 aliphatic carbocycles. The standard InChI is InChI=1S/C14H16N4OS/c1-7(2)11(15)13-17-9-5-10(8-3-4-16-6-8)20-12(9)14(19)18-13/h3-7,11,16H,15H2,1-2H3,(H,17,18,19)/t11-/m0/s1. The smallest absolute Gasteiger partial charge is 0.268 e. The minimum atomic E-state index is -0.261. The molecular weight excluding hydrogens is 272 g/mol. The first-order chi connectivity index (χ1) is 9.56. The van der Waals surface area contributed by atoms with Crippen LogP contribution in [0.3, 0.4) is 0 Å². The van der Waals surface area contributed by atoms with Gasteiger partial charge >= 0.3 is 0 Å². The highest BCUT2D eigenvalue weighted by Crippen LogP contribution is 2.31. The second-order valence-electron chi connectivity index (χ2n) is 5.15. The van der Waals surface area contributed by atoms with E-state index in [1.54, 1.807) is 0 Å². The fraction of sp³-hybridized carbons (Fsp3) is 0.286. The predicted molar refractivity (Wildman–Crippen MR) is 81.8 cm³/mol. The first kappa shape index (κ1) is 13.1. The van der Waals surface area contributed by atoms with E-state index in [1.165, 1.54) is 11.3 Å². The van der Waals surface area contributed by atoms with Crippen LogP contribution in [0.4, 0.5) is 0 Å². The summed E-state index contributed by atoms with van der Waals surface area (Å²) in [6.07, 6.45) is 3.76. The molecule has 0 spiro atoms. The Bertz CT molecular complexity index is 785. The molecular formula is C14H16N4OS. The lowest BCUT2D eigenvalue weighted by Gasteiger charge is -2.13. The molecule has 0 radical (unpaired) electrons. The Morgan fingerprint density at radius 2 is 2.20 bits per heavy atom. The van der Waals surface area contributed by atoms with E-state index in [-0.39, 0.29) is 17.5 Å². The van der Waals surface area contributed by atoms with Crippen LogP contribution < -0.4 is 11.3 Å². The fourth-order valence-electron chi connectivity index (χ4n) is 2.05. The highest BCUT2D eigenvalue weighted by atomic mass is 32.1. The molecule has 5 nitrogen and oxygen atoms in total. The summed E-state index contributed by atoms with van der Waals surface area (Å²) in [5.41, 5.74) is 7.71. The molecule has 3 aromatic rings. The molecule has 0 aliphatic rings. The number of H-pyrrole nitrogens is 2. The van der Waals surface area contributed by atoms with Crippen LogP contribution >= 0.6 is 11.3 Å². The van der Waals surface area contributed by atoms with Crippen molar-refractivity contribution in [1.82, 2.24) is 15.0 Å². The van der Waals surface area contributed by atoms with Crippen molar-refractivity contribution in [3.8, 4) is 10.4 Å². The van der Waals surface area contributed by atoms with E-state index in [0.29, 0.717) is 16.0 Å². The Morgan fingerprint density at radius 1 is 1.40 bits per heavy atom. The van der Waals surface area contributed by atoms with Gasteiger partial charge in [-0.3, -0.25) is 4.79 Å². The zero-order valence-corrected chi connectivity index (χ0v) is 12.1. The van der Waals surface area contributed by atoms with Gasteiger partial charge in [0.15, 0.2) is 0 Å². The molecule has 0 unspecified atom stereocenters. The highest BCUT2D eigenvalue weighted by molar-refractivity contribution is 7.22. The van der Waals surface area contributed by atoms with Crippen molar-refractivity contribution in [3.63, 3.8) is 0 Å². The van der Waals surface area contributed by atoms with E-state index < -0.39 is 0 Å². The number of thiophene rings is 1. The molecule has 0 saturated heterocycles. The summed E-state index contributed by atoms with van der Waals surface area (Å²) in [6, 6.07) is 3.65. The summed E-state index contributed by atoms with van der Waals surface area (Å²) >= 11 is 1.44. The summed E-state index contributed by atoms with van der Waals surface area (Å²) in [5, 5.41) is 0. The van der Waals surface area contributed by atoms with Crippen molar-refractivity contribution in [3.05, 3.63) is 40.7 Å². The van der Waals surface area contributed by atoms with Gasteiger partial charge in [0.25, 0.3) is 5.56 Å². The van der Waals surface area contributed by atoms with Crippen molar-refractivity contribution in [2.24, 2.45) is 11.7 Å². The number of nitrogens with two attached hydrogens (primary N) is 1. The third-order valence-corrected chi connectivity index (χ3v) is 4.49. The summed E-state index contributed by atoms with van der Waals surface area (Å²) in [7, 11) is 0. The van der Waals surface area contributed by atoms with Gasteiger partial charge in [-0.05, 0) is 18.1 Å². The molecule has 3 aromatic heterocycles. The van der Waals surface area contributed by atoms with Crippen LogP contribution in [0.1, 0.15) is 25.7 Å². The second-order valence-corrected chi connectivity index (χ2v) is 6.20. The van der Waals surface area contributed by atoms with Crippen LogP contribution in [0.5, 0.6) is 0 Å².